The molecule has 1 aromatic heterocycles. The monoisotopic (exact) mass is 311 g/mol. The van der Waals surface area contributed by atoms with Crippen molar-refractivity contribution in [1.29, 1.82) is 0 Å². The van der Waals surface area contributed by atoms with Crippen LogP contribution in [-0.4, -0.2) is 37.2 Å². The smallest absolute Gasteiger partial charge is 0.251 e. The van der Waals surface area contributed by atoms with Crippen LogP contribution in [0.3, 0.4) is 0 Å². The van der Waals surface area contributed by atoms with E-state index in [1.165, 1.54) is 0 Å². The third-order valence-corrected chi connectivity index (χ3v) is 4.01. The summed E-state index contributed by atoms with van der Waals surface area (Å²) in [5.41, 5.74) is 2.71. The zero-order valence-electron chi connectivity index (χ0n) is 13.3. The summed E-state index contributed by atoms with van der Waals surface area (Å²) in [5, 5.41) is 3.00. The first kappa shape index (κ1) is 15.5. The van der Waals surface area contributed by atoms with Crippen LogP contribution in [0.1, 0.15) is 21.5 Å². The molecule has 3 rings (SSSR count). The van der Waals surface area contributed by atoms with Crippen molar-refractivity contribution in [2.75, 3.05) is 31.2 Å². The van der Waals surface area contributed by atoms with Gasteiger partial charge in [-0.3, -0.25) is 4.79 Å². The maximum atomic E-state index is 12.4. The molecule has 0 spiro atoms. The number of benzene rings is 1. The van der Waals surface area contributed by atoms with Gasteiger partial charge < -0.3 is 15.0 Å². The van der Waals surface area contributed by atoms with Gasteiger partial charge in [-0.15, -0.1) is 0 Å². The first-order chi connectivity index (χ1) is 11.3. The van der Waals surface area contributed by atoms with Gasteiger partial charge in [0.05, 0.1) is 13.2 Å². The largest absolute Gasteiger partial charge is 0.378 e. The van der Waals surface area contributed by atoms with Crippen LogP contribution in [-0.2, 0) is 11.3 Å². The van der Waals surface area contributed by atoms with Crippen LogP contribution in [0.25, 0.3) is 0 Å². The molecule has 2 heterocycles. The predicted molar refractivity (Wildman–Crippen MR) is 89.6 cm³/mol. The first-order valence-electron chi connectivity index (χ1n) is 7.86. The van der Waals surface area contributed by atoms with E-state index in [9.17, 15) is 4.79 Å². The predicted octanol–water partition coefficient (Wildman–Crippen LogP) is 2.16. The van der Waals surface area contributed by atoms with Gasteiger partial charge in [-0.1, -0.05) is 24.3 Å². The molecule has 1 aliphatic heterocycles. The Bertz CT molecular complexity index is 681. The van der Waals surface area contributed by atoms with E-state index in [2.05, 4.69) is 15.2 Å². The molecule has 1 aliphatic rings. The second kappa shape index (κ2) is 7.24. The number of aromatic nitrogens is 1. The van der Waals surface area contributed by atoms with Crippen LogP contribution < -0.4 is 10.2 Å². The summed E-state index contributed by atoms with van der Waals surface area (Å²) in [6.07, 6.45) is 1.79. The minimum absolute atomic E-state index is 0.0557. The Labute approximate surface area is 136 Å². The van der Waals surface area contributed by atoms with Crippen LogP contribution in [0, 0.1) is 6.92 Å². The maximum absolute atomic E-state index is 12.4. The summed E-state index contributed by atoms with van der Waals surface area (Å²) in [5.74, 6) is 0.876. The lowest BCUT2D eigenvalue weighted by Crippen LogP contribution is -2.37. The maximum Gasteiger partial charge on any atom is 0.251 e. The first-order valence-corrected chi connectivity index (χ1v) is 7.86. The highest BCUT2D eigenvalue weighted by Gasteiger charge is 2.16. The van der Waals surface area contributed by atoms with E-state index in [0.717, 1.165) is 30.0 Å². The molecule has 2 aromatic rings. The number of carbonyl (C=O) groups excluding carboxylic acids is 1. The standard InChI is InChI=1S/C18H21N3O2/c1-14-5-2-3-7-16(14)18(22)20-13-15-6-4-8-19-17(15)21-9-11-23-12-10-21/h2-8H,9-13H2,1H3,(H,20,22). The average molecular weight is 311 g/mol. The molecule has 120 valence electrons. The number of aryl methyl sites for hydroxylation is 1. The molecule has 1 N–H and O–H groups in total. The Morgan fingerprint density at radius 2 is 2.00 bits per heavy atom. The number of pyridine rings is 1. The molecular formula is C18H21N3O2. The highest BCUT2D eigenvalue weighted by molar-refractivity contribution is 5.95. The number of nitrogens with one attached hydrogen (secondary N) is 1. The minimum Gasteiger partial charge on any atom is -0.378 e. The van der Waals surface area contributed by atoms with Crippen LogP contribution >= 0.6 is 0 Å². The number of nitrogens with zero attached hydrogens (tertiary/aromatic N) is 2. The van der Waals surface area contributed by atoms with E-state index in [0.29, 0.717) is 25.3 Å². The molecule has 0 saturated carbocycles. The fourth-order valence-electron chi connectivity index (χ4n) is 2.73. The molecule has 1 aromatic carbocycles. The summed E-state index contributed by atoms with van der Waals surface area (Å²) in [6, 6.07) is 11.5. The second-order valence-electron chi connectivity index (χ2n) is 5.58. The van der Waals surface area contributed by atoms with Gasteiger partial charge in [0.2, 0.25) is 0 Å². The van der Waals surface area contributed by atoms with Gasteiger partial charge in [-0.2, -0.15) is 0 Å². The third kappa shape index (κ3) is 3.68. The summed E-state index contributed by atoms with van der Waals surface area (Å²) < 4.78 is 5.39. The molecule has 0 aliphatic carbocycles. The van der Waals surface area contributed by atoms with Gasteiger partial charge in [0.25, 0.3) is 5.91 Å². The number of morpholine rings is 1. The Morgan fingerprint density at radius 3 is 2.78 bits per heavy atom. The van der Waals surface area contributed by atoms with E-state index in [-0.39, 0.29) is 5.91 Å². The van der Waals surface area contributed by atoms with Crippen LogP contribution in [0.2, 0.25) is 0 Å². The Balaban J connectivity index is 1.71. The summed E-state index contributed by atoms with van der Waals surface area (Å²) in [6.45, 7) is 5.49. The van der Waals surface area contributed by atoms with Crippen LogP contribution in [0.5, 0.6) is 0 Å². The molecular weight excluding hydrogens is 290 g/mol. The van der Waals surface area contributed by atoms with Gasteiger partial charge in [0, 0.05) is 37.0 Å². The van der Waals surface area contributed by atoms with E-state index in [4.69, 9.17) is 4.74 Å². The van der Waals surface area contributed by atoms with Crippen molar-refractivity contribution in [3.63, 3.8) is 0 Å². The normalized spacial score (nSPS) is 14.6. The molecule has 1 saturated heterocycles. The highest BCUT2D eigenvalue weighted by atomic mass is 16.5. The highest BCUT2D eigenvalue weighted by Crippen LogP contribution is 2.18. The van der Waals surface area contributed by atoms with Crippen LogP contribution in [0.4, 0.5) is 5.82 Å². The van der Waals surface area contributed by atoms with Crippen molar-refractivity contribution >= 4 is 11.7 Å². The minimum atomic E-state index is -0.0557. The van der Waals surface area contributed by atoms with Gasteiger partial charge in [0.15, 0.2) is 0 Å². The van der Waals surface area contributed by atoms with Crippen molar-refractivity contribution in [1.82, 2.24) is 10.3 Å². The SMILES string of the molecule is Cc1ccccc1C(=O)NCc1cccnc1N1CCOCC1. The van der Waals surface area contributed by atoms with E-state index < -0.39 is 0 Å². The summed E-state index contributed by atoms with van der Waals surface area (Å²) >= 11 is 0. The molecule has 0 atom stereocenters. The lowest BCUT2D eigenvalue weighted by molar-refractivity contribution is 0.0950. The molecule has 0 bridgehead atoms. The van der Waals surface area contributed by atoms with E-state index in [1.54, 1.807) is 6.20 Å². The molecule has 23 heavy (non-hydrogen) atoms. The molecule has 0 radical (unpaired) electrons. The molecule has 1 amide bonds. The molecule has 5 heteroatoms. The van der Waals surface area contributed by atoms with Crippen molar-refractivity contribution in [2.45, 2.75) is 13.5 Å². The molecule has 0 unspecified atom stereocenters. The number of amides is 1. The quantitative estimate of drug-likeness (QED) is 0.940. The zero-order valence-corrected chi connectivity index (χ0v) is 13.3. The number of anilines is 1. The third-order valence-electron chi connectivity index (χ3n) is 4.01. The molecule has 5 nitrogen and oxygen atoms in total. The van der Waals surface area contributed by atoms with Crippen molar-refractivity contribution < 1.29 is 9.53 Å². The van der Waals surface area contributed by atoms with Gasteiger partial charge in [-0.25, -0.2) is 4.98 Å². The van der Waals surface area contributed by atoms with E-state index in [1.807, 2.05) is 43.3 Å². The van der Waals surface area contributed by atoms with Gasteiger partial charge in [0.1, 0.15) is 5.82 Å². The van der Waals surface area contributed by atoms with Gasteiger partial charge in [-0.05, 0) is 24.6 Å². The van der Waals surface area contributed by atoms with Crippen molar-refractivity contribution in [3.05, 3.63) is 59.3 Å². The fourth-order valence-corrected chi connectivity index (χ4v) is 2.73. The fraction of sp³-hybridized carbons (Fsp3) is 0.333. The number of ether oxygens (including phenoxy) is 1. The van der Waals surface area contributed by atoms with E-state index >= 15 is 0 Å². The van der Waals surface area contributed by atoms with Crippen LogP contribution in [0.15, 0.2) is 42.6 Å². The van der Waals surface area contributed by atoms with Gasteiger partial charge >= 0.3 is 0 Å². The second-order valence-corrected chi connectivity index (χ2v) is 5.58. The number of hydrogen-bond acceptors (Lipinski definition) is 4. The Morgan fingerprint density at radius 1 is 1.22 bits per heavy atom. The Hall–Kier alpha value is -2.40. The number of carbonyl (C=O) groups is 1. The topological polar surface area (TPSA) is 54.5 Å². The zero-order chi connectivity index (χ0) is 16.1. The lowest BCUT2D eigenvalue weighted by Gasteiger charge is -2.29. The molecule has 1 fully saturated rings. The Kier molecular flexibility index (Phi) is 4.88. The lowest BCUT2D eigenvalue weighted by atomic mass is 10.1. The van der Waals surface area contributed by atoms with Crippen molar-refractivity contribution in [3.8, 4) is 0 Å². The number of hydrogen-bond donors (Lipinski definition) is 1. The summed E-state index contributed by atoms with van der Waals surface area (Å²) in [7, 11) is 0. The number of rotatable bonds is 4. The summed E-state index contributed by atoms with van der Waals surface area (Å²) in [4.78, 5) is 19.1. The van der Waals surface area contributed by atoms with Crippen molar-refractivity contribution in [2.24, 2.45) is 0 Å². The average Bonchev–Trinajstić information content (AvgIpc) is 2.61.